The average molecular weight is 408 g/mol. The van der Waals surface area contributed by atoms with Crippen LogP contribution in [-0.2, 0) is 11.2 Å². The van der Waals surface area contributed by atoms with Crippen LogP contribution < -0.4 is 4.74 Å². The number of carboxylic acids is 1. The largest absolute Gasteiger partial charge is 0.481 e. The monoisotopic (exact) mass is 408 g/mol. The van der Waals surface area contributed by atoms with Crippen LogP contribution in [0.1, 0.15) is 21.5 Å². The summed E-state index contributed by atoms with van der Waals surface area (Å²) in [5.41, 5.74) is 1.81. The highest BCUT2D eigenvalue weighted by atomic mass is 16.5. The second-order valence-electron chi connectivity index (χ2n) is 7.12. The van der Waals surface area contributed by atoms with Gasteiger partial charge in [-0.25, -0.2) is 0 Å². The number of ketones is 1. The van der Waals surface area contributed by atoms with Crippen LogP contribution in [0, 0.1) is 0 Å². The maximum absolute atomic E-state index is 12.7. The van der Waals surface area contributed by atoms with Crippen LogP contribution in [0.15, 0.2) is 97.1 Å². The zero-order chi connectivity index (χ0) is 21.6. The van der Waals surface area contributed by atoms with E-state index >= 15 is 0 Å². The second-order valence-corrected chi connectivity index (χ2v) is 7.12. The van der Waals surface area contributed by atoms with Gasteiger partial charge in [0.2, 0.25) is 0 Å². The van der Waals surface area contributed by atoms with Crippen molar-refractivity contribution in [2.75, 3.05) is 0 Å². The molecule has 4 rings (SSSR count). The molecule has 0 atom stereocenters. The molecule has 0 aromatic heterocycles. The molecule has 0 radical (unpaired) electrons. The van der Waals surface area contributed by atoms with Gasteiger partial charge in [-0.15, -0.1) is 0 Å². The SMILES string of the molecule is O=C(O)Cc1cccc(C(=O)C=Cc2cc3ccccc3cc2Oc2ccccc2)c1. The number of benzene rings is 4. The number of allylic oxidation sites excluding steroid dienone is 1. The molecule has 0 saturated carbocycles. The first kappa shape index (κ1) is 20.1. The van der Waals surface area contributed by atoms with Crippen molar-refractivity contribution in [3.63, 3.8) is 0 Å². The number of carbonyl (C=O) groups is 2. The van der Waals surface area contributed by atoms with E-state index in [4.69, 9.17) is 9.84 Å². The molecule has 0 amide bonds. The summed E-state index contributed by atoms with van der Waals surface area (Å²) in [4.78, 5) is 23.7. The van der Waals surface area contributed by atoms with Crippen LogP contribution in [0.3, 0.4) is 0 Å². The molecular formula is C27H20O4. The number of hydrogen-bond donors (Lipinski definition) is 1. The fourth-order valence-electron chi connectivity index (χ4n) is 3.34. The Hall–Kier alpha value is -4.18. The van der Waals surface area contributed by atoms with E-state index in [1.165, 1.54) is 6.08 Å². The van der Waals surface area contributed by atoms with Crippen molar-refractivity contribution in [3.05, 3.63) is 114 Å². The van der Waals surface area contributed by atoms with Crippen molar-refractivity contribution in [1.82, 2.24) is 0 Å². The first-order valence-corrected chi connectivity index (χ1v) is 9.87. The van der Waals surface area contributed by atoms with Gasteiger partial charge in [0.25, 0.3) is 0 Å². The highest BCUT2D eigenvalue weighted by Crippen LogP contribution is 2.31. The number of carbonyl (C=O) groups excluding carboxylic acids is 1. The first-order valence-electron chi connectivity index (χ1n) is 9.87. The van der Waals surface area contributed by atoms with E-state index in [9.17, 15) is 9.59 Å². The van der Waals surface area contributed by atoms with Gasteiger partial charge in [0, 0.05) is 11.1 Å². The normalized spacial score (nSPS) is 11.0. The van der Waals surface area contributed by atoms with Crippen LogP contribution in [0.5, 0.6) is 11.5 Å². The van der Waals surface area contributed by atoms with E-state index in [0.717, 1.165) is 16.3 Å². The van der Waals surface area contributed by atoms with Gasteiger partial charge in [0.05, 0.1) is 6.42 Å². The molecule has 0 unspecified atom stereocenters. The minimum absolute atomic E-state index is 0.120. The van der Waals surface area contributed by atoms with E-state index in [2.05, 4.69) is 0 Å². The van der Waals surface area contributed by atoms with Gasteiger partial charge in [-0.3, -0.25) is 9.59 Å². The average Bonchev–Trinajstić information content (AvgIpc) is 2.78. The highest BCUT2D eigenvalue weighted by Gasteiger charge is 2.09. The summed E-state index contributed by atoms with van der Waals surface area (Å²) in [6.45, 7) is 0. The fraction of sp³-hybridized carbons (Fsp3) is 0.0370. The molecule has 0 aliphatic heterocycles. The summed E-state index contributed by atoms with van der Waals surface area (Å²) in [6, 6.07) is 28.1. The molecule has 4 heteroatoms. The third-order valence-electron chi connectivity index (χ3n) is 4.83. The predicted octanol–water partition coefficient (Wildman–Crippen LogP) is 6.16. The van der Waals surface area contributed by atoms with Crippen LogP contribution in [-0.4, -0.2) is 16.9 Å². The Kier molecular flexibility index (Phi) is 5.90. The molecule has 152 valence electrons. The van der Waals surface area contributed by atoms with Crippen LogP contribution in [0.25, 0.3) is 16.8 Å². The first-order chi connectivity index (χ1) is 15.1. The molecule has 4 aromatic carbocycles. The van der Waals surface area contributed by atoms with Crippen LogP contribution in [0.4, 0.5) is 0 Å². The number of para-hydroxylation sites is 1. The quantitative estimate of drug-likeness (QED) is 0.294. The van der Waals surface area contributed by atoms with Crippen LogP contribution in [0.2, 0.25) is 0 Å². The third-order valence-corrected chi connectivity index (χ3v) is 4.83. The topological polar surface area (TPSA) is 63.6 Å². The van der Waals surface area contributed by atoms with E-state index in [-0.39, 0.29) is 12.2 Å². The number of hydrogen-bond acceptors (Lipinski definition) is 3. The Morgan fingerprint density at radius 2 is 1.52 bits per heavy atom. The molecule has 0 aliphatic rings. The van der Waals surface area contributed by atoms with E-state index in [1.54, 1.807) is 30.3 Å². The summed E-state index contributed by atoms with van der Waals surface area (Å²) in [7, 11) is 0. The van der Waals surface area contributed by atoms with Gasteiger partial charge in [0.1, 0.15) is 11.5 Å². The van der Waals surface area contributed by atoms with Gasteiger partial charge in [-0.1, -0.05) is 60.7 Å². The summed E-state index contributed by atoms with van der Waals surface area (Å²) < 4.78 is 6.09. The van der Waals surface area contributed by atoms with Crippen molar-refractivity contribution >= 4 is 28.6 Å². The number of aliphatic carboxylic acids is 1. The molecule has 0 fully saturated rings. The van der Waals surface area contributed by atoms with Crippen molar-refractivity contribution in [3.8, 4) is 11.5 Å². The Labute approximate surface area is 180 Å². The fourth-order valence-corrected chi connectivity index (χ4v) is 3.34. The molecule has 0 spiro atoms. The Balaban J connectivity index is 1.66. The molecule has 0 aliphatic carbocycles. The number of rotatable bonds is 7. The minimum atomic E-state index is -0.931. The molecule has 0 bridgehead atoms. The number of fused-ring (bicyclic) bond motifs is 1. The van der Waals surface area contributed by atoms with Gasteiger partial charge in [0.15, 0.2) is 5.78 Å². The second kappa shape index (κ2) is 9.09. The Morgan fingerprint density at radius 3 is 2.26 bits per heavy atom. The Bertz CT molecular complexity index is 1270. The molecule has 0 saturated heterocycles. The van der Waals surface area contributed by atoms with Crippen LogP contribution >= 0.6 is 0 Å². The Morgan fingerprint density at radius 1 is 0.806 bits per heavy atom. The zero-order valence-corrected chi connectivity index (χ0v) is 16.7. The van der Waals surface area contributed by atoms with Gasteiger partial charge in [-0.2, -0.15) is 0 Å². The van der Waals surface area contributed by atoms with Gasteiger partial charge in [-0.05, 0) is 58.8 Å². The summed E-state index contributed by atoms with van der Waals surface area (Å²) >= 11 is 0. The molecule has 1 N–H and O–H groups in total. The van der Waals surface area contributed by atoms with Crippen molar-refractivity contribution in [2.24, 2.45) is 0 Å². The lowest BCUT2D eigenvalue weighted by atomic mass is 10.0. The maximum Gasteiger partial charge on any atom is 0.307 e. The highest BCUT2D eigenvalue weighted by molar-refractivity contribution is 6.07. The molecule has 4 aromatic rings. The lowest BCUT2D eigenvalue weighted by Crippen LogP contribution is -2.02. The summed E-state index contributed by atoms with van der Waals surface area (Å²) in [6.07, 6.45) is 3.10. The lowest BCUT2D eigenvalue weighted by Gasteiger charge is -2.11. The van der Waals surface area contributed by atoms with Crippen molar-refractivity contribution in [2.45, 2.75) is 6.42 Å². The molecule has 0 heterocycles. The van der Waals surface area contributed by atoms with E-state index in [0.29, 0.717) is 22.6 Å². The van der Waals surface area contributed by atoms with Crippen molar-refractivity contribution in [1.29, 1.82) is 0 Å². The molecular weight excluding hydrogens is 388 g/mol. The predicted molar refractivity (Wildman–Crippen MR) is 122 cm³/mol. The molecule has 4 nitrogen and oxygen atoms in total. The maximum atomic E-state index is 12.7. The smallest absolute Gasteiger partial charge is 0.307 e. The summed E-state index contributed by atoms with van der Waals surface area (Å²) in [5, 5.41) is 11.1. The van der Waals surface area contributed by atoms with Crippen molar-refractivity contribution < 1.29 is 19.4 Å². The number of ether oxygens (including phenoxy) is 1. The van der Waals surface area contributed by atoms with E-state index < -0.39 is 5.97 Å². The number of carboxylic acid groups (broad SMARTS) is 1. The van der Waals surface area contributed by atoms with E-state index in [1.807, 2.05) is 66.7 Å². The third kappa shape index (κ3) is 5.06. The lowest BCUT2D eigenvalue weighted by molar-refractivity contribution is -0.136. The van der Waals surface area contributed by atoms with Gasteiger partial charge >= 0.3 is 5.97 Å². The minimum Gasteiger partial charge on any atom is -0.481 e. The summed E-state index contributed by atoms with van der Waals surface area (Å²) in [5.74, 6) is 0.221. The zero-order valence-electron chi connectivity index (χ0n) is 16.7. The standard InChI is InChI=1S/C27H20O4/c28-25(22-10-6-7-19(15-22)16-27(29)30)14-13-23-17-20-8-4-5-9-21(20)18-26(23)31-24-11-2-1-3-12-24/h1-15,17-18H,16H2,(H,29,30). The molecule has 31 heavy (non-hydrogen) atoms. The van der Waals surface area contributed by atoms with Gasteiger partial charge < -0.3 is 9.84 Å².